The smallest absolute Gasteiger partial charge is 0.254 e. The predicted molar refractivity (Wildman–Crippen MR) is 108 cm³/mol. The van der Waals surface area contributed by atoms with Gasteiger partial charge in [0.15, 0.2) is 0 Å². The first kappa shape index (κ1) is 17.9. The van der Waals surface area contributed by atoms with Crippen LogP contribution in [0.3, 0.4) is 0 Å². The monoisotopic (exact) mass is 373 g/mol. The van der Waals surface area contributed by atoms with Crippen LogP contribution >= 0.6 is 0 Å². The molecule has 140 valence electrons. The van der Waals surface area contributed by atoms with Gasteiger partial charge in [0, 0.05) is 6.54 Å². The molecule has 0 aliphatic rings. The van der Waals surface area contributed by atoms with Gasteiger partial charge in [-0.05, 0) is 36.8 Å². The number of nitrogens with zero attached hydrogens (tertiary/aromatic N) is 2. The molecule has 4 nitrogen and oxygen atoms in total. The average molecular weight is 373 g/mol. The summed E-state index contributed by atoms with van der Waals surface area (Å²) in [5.41, 5.74) is 4.24. The Morgan fingerprint density at radius 3 is 2.64 bits per heavy atom. The standard InChI is InChI=1S/C23H20FN3O/c1-16-7-6-8-17(13-16)15-27-21-12-5-4-11-20(21)26-22(27)14-25-23(28)18-9-2-3-10-19(18)24/h2-13H,14-15H2,1H3,(H,25,28). The summed E-state index contributed by atoms with van der Waals surface area (Å²) in [7, 11) is 0. The number of aromatic nitrogens is 2. The van der Waals surface area contributed by atoms with Crippen LogP contribution in [0.4, 0.5) is 4.39 Å². The molecule has 4 rings (SSSR count). The number of benzene rings is 3. The molecule has 0 fully saturated rings. The molecule has 0 saturated heterocycles. The number of aryl methyl sites for hydroxylation is 1. The van der Waals surface area contributed by atoms with Crippen molar-refractivity contribution in [1.82, 2.24) is 14.9 Å². The summed E-state index contributed by atoms with van der Waals surface area (Å²) in [4.78, 5) is 17.1. The maximum atomic E-state index is 13.9. The van der Waals surface area contributed by atoms with E-state index < -0.39 is 11.7 Å². The van der Waals surface area contributed by atoms with E-state index in [2.05, 4.69) is 40.0 Å². The summed E-state index contributed by atoms with van der Waals surface area (Å²) >= 11 is 0. The number of rotatable bonds is 5. The molecule has 0 aliphatic carbocycles. The topological polar surface area (TPSA) is 46.9 Å². The molecular weight excluding hydrogens is 353 g/mol. The van der Waals surface area contributed by atoms with E-state index in [-0.39, 0.29) is 12.1 Å². The normalized spacial score (nSPS) is 10.9. The van der Waals surface area contributed by atoms with Crippen LogP contribution in [0.1, 0.15) is 27.3 Å². The minimum Gasteiger partial charge on any atom is -0.345 e. The van der Waals surface area contributed by atoms with Crippen molar-refractivity contribution in [2.75, 3.05) is 0 Å². The first-order valence-electron chi connectivity index (χ1n) is 9.14. The van der Waals surface area contributed by atoms with Crippen LogP contribution in [-0.4, -0.2) is 15.5 Å². The Hall–Kier alpha value is -3.47. The van der Waals surface area contributed by atoms with Gasteiger partial charge in [-0.3, -0.25) is 4.79 Å². The molecule has 4 aromatic rings. The van der Waals surface area contributed by atoms with E-state index in [9.17, 15) is 9.18 Å². The molecule has 0 aliphatic heterocycles. The van der Waals surface area contributed by atoms with E-state index in [1.807, 2.05) is 30.3 Å². The van der Waals surface area contributed by atoms with Gasteiger partial charge in [-0.25, -0.2) is 9.37 Å². The fourth-order valence-corrected chi connectivity index (χ4v) is 3.33. The van der Waals surface area contributed by atoms with Crippen molar-refractivity contribution < 1.29 is 9.18 Å². The van der Waals surface area contributed by atoms with E-state index in [0.29, 0.717) is 6.54 Å². The van der Waals surface area contributed by atoms with E-state index in [0.717, 1.165) is 22.4 Å². The third-order valence-electron chi connectivity index (χ3n) is 4.68. The maximum Gasteiger partial charge on any atom is 0.254 e. The van der Waals surface area contributed by atoms with Gasteiger partial charge in [0.1, 0.15) is 11.6 Å². The van der Waals surface area contributed by atoms with Gasteiger partial charge in [0.2, 0.25) is 0 Å². The Labute approximate surface area is 162 Å². The quantitative estimate of drug-likeness (QED) is 0.561. The molecule has 1 aromatic heterocycles. The van der Waals surface area contributed by atoms with Crippen molar-refractivity contribution in [2.24, 2.45) is 0 Å². The molecule has 1 heterocycles. The van der Waals surface area contributed by atoms with Gasteiger partial charge in [-0.2, -0.15) is 0 Å². The molecule has 1 N–H and O–H groups in total. The Kier molecular flexibility index (Phi) is 4.89. The summed E-state index contributed by atoms with van der Waals surface area (Å²) in [5.74, 6) is -0.257. The highest BCUT2D eigenvalue weighted by molar-refractivity contribution is 5.94. The lowest BCUT2D eigenvalue weighted by molar-refractivity contribution is 0.0945. The van der Waals surface area contributed by atoms with E-state index in [1.54, 1.807) is 12.1 Å². The molecule has 0 bridgehead atoms. The Morgan fingerprint density at radius 1 is 1.04 bits per heavy atom. The van der Waals surface area contributed by atoms with Crippen LogP contribution in [0.5, 0.6) is 0 Å². The van der Waals surface area contributed by atoms with Crippen molar-refractivity contribution in [3.63, 3.8) is 0 Å². The van der Waals surface area contributed by atoms with Crippen molar-refractivity contribution in [3.8, 4) is 0 Å². The minimum absolute atomic E-state index is 0.0313. The summed E-state index contributed by atoms with van der Waals surface area (Å²) in [6.45, 7) is 2.92. The number of nitrogens with one attached hydrogen (secondary N) is 1. The first-order valence-corrected chi connectivity index (χ1v) is 9.14. The minimum atomic E-state index is -0.534. The van der Waals surface area contributed by atoms with Crippen molar-refractivity contribution in [2.45, 2.75) is 20.0 Å². The number of amides is 1. The Balaban J connectivity index is 1.63. The van der Waals surface area contributed by atoms with Crippen LogP contribution in [0.15, 0.2) is 72.8 Å². The second-order valence-electron chi connectivity index (χ2n) is 6.75. The van der Waals surface area contributed by atoms with E-state index in [4.69, 9.17) is 0 Å². The number of fused-ring (bicyclic) bond motifs is 1. The third kappa shape index (κ3) is 3.64. The number of hydrogen-bond acceptors (Lipinski definition) is 2. The summed E-state index contributed by atoms with van der Waals surface area (Å²) in [6, 6.07) is 22.1. The van der Waals surface area contributed by atoms with E-state index >= 15 is 0 Å². The van der Waals surface area contributed by atoms with Crippen LogP contribution < -0.4 is 5.32 Å². The molecule has 3 aromatic carbocycles. The lowest BCUT2D eigenvalue weighted by Crippen LogP contribution is -2.25. The number of imidazole rings is 1. The molecule has 0 unspecified atom stereocenters. The first-order chi connectivity index (χ1) is 13.6. The zero-order valence-corrected chi connectivity index (χ0v) is 15.5. The fourth-order valence-electron chi connectivity index (χ4n) is 3.33. The summed E-state index contributed by atoms with van der Waals surface area (Å²) in [6.07, 6.45) is 0. The largest absolute Gasteiger partial charge is 0.345 e. The van der Waals surface area contributed by atoms with E-state index in [1.165, 1.54) is 17.7 Å². The fraction of sp³-hybridized carbons (Fsp3) is 0.130. The van der Waals surface area contributed by atoms with Gasteiger partial charge in [-0.1, -0.05) is 54.1 Å². The van der Waals surface area contributed by atoms with Crippen LogP contribution in [0.2, 0.25) is 0 Å². The van der Waals surface area contributed by atoms with Crippen LogP contribution in [-0.2, 0) is 13.1 Å². The number of para-hydroxylation sites is 2. The molecule has 0 saturated carbocycles. The zero-order valence-electron chi connectivity index (χ0n) is 15.5. The SMILES string of the molecule is Cc1cccc(Cn2c(CNC(=O)c3ccccc3F)nc3ccccc32)c1. The van der Waals surface area contributed by atoms with Gasteiger partial charge in [0.05, 0.1) is 23.1 Å². The zero-order chi connectivity index (χ0) is 19.5. The molecule has 28 heavy (non-hydrogen) atoms. The predicted octanol–water partition coefficient (Wildman–Crippen LogP) is 4.46. The Morgan fingerprint density at radius 2 is 1.82 bits per heavy atom. The molecular formula is C23H20FN3O. The van der Waals surface area contributed by atoms with Crippen molar-refractivity contribution in [1.29, 1.82) is 0 Å². The number of hydrogen-bond donors (Lipinski definition) is 1. The molecule has 0 radical (unpaired) electrons. The molecule has 0 spiro atoms. The number of carbonyl (C=O) groups is 1. The highest BCUT2D eigenvalue weighted by Gasteiger charge is 2.14. The van der Waals surface area contributed by atoms with Gasteiger partial charge in [-0.15, -0.1) is 0 Å². The van der Waals surface area contributed by atoms with Gasteiger partial charge in [0.25, 0.3) is 5.91 Å². The second-order valence-corrected chi connectivity index (χ2v) is 6.75. The molecule has 0 atom stereocenters. The highest BCUT2D eigenvalue weighted by atomic mass is 19.1. The maximum absolute atomic E-state index is 13.9. The molecule has 5 heteroatoms. The van der Waals surface area contributed by atoms with Crippen molar-refractivity contribution in [3.05, 3.63) is 101 Å². The lowest BCUT2D eigenvalue weighted by Gasteiger charge is -2.11. The molecule has 1 amide bonds. The van der Waals surface area contributed by atoms with Gasteiger partial charge >= 0.3 is 0 Å². The third-order valence-corrected chi connectivity index (χ3v) is 4.68. The second kappa shape index (κ2) is 7.64. The Bertz CT molecular complexity index is 1150. The van der Waals surface area contributed by atoms with Gasteiger partial charge < -0.3 is 9.88 Å². The van der Waals surface area contributed by atoms with Crippen LogP contribution in [0.25, 0.3) is 11.0 Å². The number of halogens is 1. The number of carbonyl (C=O) groups excluding carboxylic acids is 1. The van der Waals surface area contributed by atoms with Crippen LogP contribution in [0, 0.1) is 12.7 Å². The lowest BCUT2D eigenvalue weighted by atomic mass is 10.1. The summed E-state index contributed by atoms with van der Waals surface area (Å²) in [5, 5.41) is 2.79. The van der Waals surface area contributed by atoms with Crippen molar-refractivity contribution >= 4 is 16.9 Å². The summed E-state index contributed by atoms with van der Waals surface area (Å²) < 4.78 is 15.9. The highest BCUT2D eigenvalue weighted by Crippen LogP contribution is 2.19. The average Bonchev–Trinajstić information content (AvgIpc) is 3.04.